The minimum atomic E-state index is -0.414. The van der Waals surface area contributed by atoms with E-state index in [-0.39, 0.29) is 11.7 Å². The fourth-order valence-corrected chi connectivity index (χ4v) is 7.20. The van der Waals surface area contributed by atoms with Crippen LogP contribution in [0.25, 0.3) is 0 Å². The summed E-state index contributed by atoms with van der Waals surface area (Å²) in [6, 6.07) is 15.5. The molecule has 2 amide bonds. The quantitative estimate of drug-likeness (QED) is 0.213. The topological polar surface area (TPSA) is 83.6 Å². The molecular weight excluding hydrogens is 572 g/mol. The number of morpholine rings is 1. The summed E-state index contributed by atoms with van der Waals surface area (Å²) in [6.07, 6.45) is 3.96. The molecule has 3 aromatic rings. The number of aromatic nitrogens is 1. The van der Waals surface area contributed by atoms with Crippen molar-refractivity contribution in [3.05, 3.63) is 63.6 Å². The van der Waals surface area contributed by atoms with E-state index in [2.05, 4.69) is 48.6 Å². The molecule has 0 bridgehead atoms. The number of carbonyl (C=O) groups is 2. The Bertz CT molecular complexity index is 1240. The summed E-state index contributed by atoms with van der Waals surface area (Å²) < 4.78 is 6.36. The Kier molecular flexibility index (Phi) is 8.81. The molecule has 0 spiro atoms. The van der Waals surface area contributed by atoms with Gasteiger partial charge in [0, 0.05) is 40.9 Å². The summed E-state index contributed by atoms with van der Waals surface area (Å²) in [5.74, 6) is 0.816. The maximum absolute atomic E-state index is 13.4. The predicted octanol–water partition coefficient (Wildman–Crippen LogP) is 7.05. The van der Waals surface area contributed by atoms with E-state index in [0.717, 1.165) is 58.8 Å². The number of nitrogens with zero attached hydrogens (tertiary/aromatic N) is 2. The number of hydrogen-bond acceptors (Lipinski definition) is 7. The predicted molar refractivity (Wildman–Crippen MR) is 154 cm³/mol. The summed E-state index contributed by atoms with van der Waals surface area (Å²) in [5, 5.41) is 6.26. The van der Waals surface area contributed by atoms with E-state index in [4.69, 9.17) is 4.74 Å². The van der Waals surface area contributed by atoms with Gasteiger partial charge in [0.05, 0.1) is 28.4 Å². The molecule has 5 rings (SSSR count). The van der Waals surface area contributed by atoms with Crippen LogP contribution in [0.2, 0.25) is 0 Å². The van der Waals surface area contributed by atoms with Crippen molar-refractivity contribution in [2.45, 2.75) is 36.3 Å². The van der Waals surface area contributed by atoms with Gasteiger partial charge >= 0.3 is 6.03 Å². The largest absolute Gasteiger partial charge is 0.378 e. The maximum Gasteiger partial charge on any atom is 0.325 e. The first-order valence-corrected chi connectivity index (χ1v) is 15.1. The monoisotopic (exact) mass is 600 g/mol. The number of thiazole rings is 1. The number of amides is 2. The molecule has 7 nitrogen and oxygen atoms in total. The van der Waals surface area contributed by atoms with Crippen LogP contribution in [-0.2, 0) is 10.5 Å². The van der Waals surface area contributed by atoms with Crippen molar-refractivity contribution in [1.82, 2.24) is 4.98 Å². The Morgan fingerprint density at radius 3 is 2.59 bits per heavy atom. The lowest BCUT2D eigenvalue weighted by atomic mass is 9.94. The lowest BCUT2D eigenvalue weighted by molar-refractivity contribution is 0.0923. The van der Waals surface area contributed by atoms with E-state index in [1.807, 2.05) is 36.4 Å². The van der Waals surface area contributed by atoms with Crippen molar-refractivity contribution in [2.75, 3.05) is 41.8 Å². The first-order chi connectivity index (χ1) is 18.1. The van der Waals surface area contributed by atoms with Crippen LogP contribution in [-0.4, -0.2) is 43.1 Å². The molecule has 2 aromatic carbocycles. The Morgan fingerprint density at radius 1 is 1.08 bits per heavy atom. The molecule has 194 valence electrons. The number of hydrogen-bond donors (Lipinski definition) is 2. The highest BCUT2D eigenvalue weighted by molar-refractivity contribution is 9.11. The molecule has 2 N–H and O–H groups in total. The van der Waals surface area contributed by atoms with Crippen molar-refractivity contribution < 1.29 is 14.3 Å². The number of anilines is 3. The minimum absolute atomic E-state index is 0.0168. The summed E-state index contributed by atoms with van der Waals surface area (Å²) in [5.41, 5.74) is 2.97. The zero-order chi connectivity index (χ0) is 25.6. The van der Waals surface area contributed by atoms with Crippen molar-refractivity contribution >= 4 is 67.3 Å². The molecule has 1 saturated carbocycles. The van der Waals surface area contributed by atoms with Crippen LogP contribution in [0.15, 0.2) is 57.2 Å². The van der Waals surface area contributed by atoms with Crippen LogP contribution in [0, 0.1) is 5.92 Å². The van der Waals surface area contributed by atoms with Gasteiger partial charge in [0.15, 0.2) is 10.9 Å². The van der Waals surface area contributed by atoms with Gasteiger partial charge < -0.3 is 15.0 Å². The molecule has 1 aliphatic heterocycles. The van der Waals surface area contributed by atoms with E-state index in [1.165, 1.54) is 11.3 Å². The van der Waals surface area contributed by atoms with Gasteiger partial charge in [0.2, 0.25) is 0 Å². The lowest BCUT2D eigenvalue weighted by Gasteiger charge is -2.29. The van der Waals surface area contributed by atoms with Crippen molar-refractivity contribution in [3.8, 4) is 0 Å². The van der Waals surface area contributed by atoms with Crippen molar-refractivity contribution in [2.24, 2.45) is 5.92 Å². The molecule has 10 heteroatoms. The number of carbonyl (C=O) groups excluding carboxylic acids is 2. The SMILES string of the molecule is O=C(Nc1nc(CSc2ccccc2)c(Br)s1)Nc1ccc(N2CCOCC2)cc1C(=O)C1CCCC1. The Hall–Kier alpha value is -2.40. The third kappa shape index (κ3) is 6.73. The van der Waals surface area contributed by atoms with Crippen LogP contribution in [0.3, 0.4) is 0 Å². The highest BCUT2D eigenvalue weighted by Gasteiger charge is 2.27. The molecule has 1 saturated heterocycles. The average Bonchev–Trinajstić information content (AvgIpc) is 3.58. The molecule has 2 heterocycles. The number of Topliss-reactive ketones (excluding diaryl/α,β-unsaturated/α-hetero) is 1. The molecule has 2 aliphatic rings. The maximum atomic E-state index is 13.4. The Morgan fingerprint density at radius 2 is 1.84 bits per heavy atom. The average molecular weight is 602 g/mol. The van der Waals surface area contributed by atoms with Gasteiger partial charge in [-0.1, -0.05) is 42.4 Å². The van der Waals surface area contributed by atoms with Gasteiger partial charge in [0.1, 0.15) is 0 Å². The highest BCUT2D eigenvalue weighted by atomic mass is 79.9. The molecule has 0 radical (unpaired) electrons. The van der Waals surface area contributed by atoms with Crippen LogP contribution in [0.4, 0.5) is 21.3 Å². The fourth-order valence-electron chi connectivity index (χ4n) is 4.67. The third-order valence-corrected chi connectivity index (χ3v) is 9.38. The van der Waals surface area contributed by atoms with Gasteiger partial charge in [-0.05, 0) is 59.1 Å². The van der Waals surface area contributed by atoms with E-state index in [0.29, 0.717) is 35.3 Å². The summed E-state index contributed by atoms with van der Waals surface area (Å²) >= 11 is 6.64. The minimum Gasteiger partial charge on any atom is -0.378 e. The Labute approximate surface area is 233 Å². The van der Waals surface area contributed by atoms with Gasteiger partial charge in [0.25, 0.3) is 0 Å². The van der Waals surface area contributed by atoms with Crippen LogP contribution >= 0.6 is 39.0 Å². The van der Waals surface area contributed by atoms with E-state index in [9.17, 15) is 9.59 Å². The summed E-state index contributed by atoms with van der Waals surface area (Å²) in [4.78, 5) is 34.4. The zero-order valence-electron chi connectivity index (χ0n) is 20.4. The van der Waals surface area contributed by atoms with Gasteiger partial charge in [-0.2, -0.15) is 0 Å². The van der Waals surface area contributed by atoms with E-state index < -0.39 is 6.03 Å². The van der Waals surface area contributed by atoms with Crippen molar-refractivity contribution in [1.29, 1.82) is 0 Å². The third-order valence-electron chi connectivity index (χ3n) is 6.61. The number of ketones is 1. The number of thioether (sulfide) groups is 1. The van der Waals surface area contributed by atoms with Gasteiger partial charge in [-0.3, -0.25) is 10.1 Å². The number of ether oxygens (including phenoxy) is 1. The normalized spacial score (nSPS) is 16.1. The van der Waals surface area contributed by atoms with Gasteiger partial charge in [-0.15, -0.1) is 11.8 Å². The summed E-state index contributed by atoms with van der Waals surface area (Å²) in [7, 11) is 0. The Balaban J connectivity index is 1.28. The highest BCUT2D eigenvalue weighted by Crippen LogP contribution is 2.34. The number of benzene rings is 2. The molecule has 0 atom stereocenters. The number of nitrogens with one attached hydrogen (secondary N) is 2. The van der Waals surface area contributed by atoms with Crippen molar-refractivity contribution in [3.63, 3.8) is 0 Å². The van der Waals surface area contributed by atoms with Crippen LogP contribution in [0.1, 0.15) is 41.7 Å². The number of rotatable bonds is 8. The second-order valence-corrected chi connectivity index (χ2v) is 12.5. The second kappa shape index (κ2) is 12.4. The number of urea groups is 1. The molecule has 37 heavy (non-hydrogen) atoms. The second-order valence-electron chi connectivity index (χ2n) is 9.10. The zero-order valence-corrected chi connectivity index (χ0v) is 23.6. The van der Waals surface area contributed by atoms with E-state index >= 15 is 0 Å². The molecular formula is C27H29BrN4O3S2. The molecule has 0 unspecified atom stereocenters. The number of halogens is 1. The lowest BCUT2D eigenvalue weighted by Crippen LogP contribution is -2.36. The first-order valence-electron chi connectivity index (χ1n) is 12.5. The first kappa shape index (κ1) is 26.2. The van der Waals surface area contributed by atoms with Gasteiger partial charge in [-0.25, -0.2) is 9.78 Å². The van der Waals surface area contributed by atoms with Crippen LogP contribution in [0.5, 0.6) is 0 Å². The molecule has 2 fully saturated rings. The summed E-state index contributed by atoms with van der Waals surface area (Å²) in [6.45, 7) is 2.91. The molecule has 1 aliphatic carbocycles. The smallest absolute Gasteiger partial charge is 0.325 e. The molecule has 1 aromatic heterocycles. The van der Waals surface area contributed by atoms with E-state index in [1.54, 1.807) is 11.8 Å². The van der Waals surface area contributed by atoms with Crippen LogP contribution < -0.4 is 15.5 Å². The fraction of sp³-hybridized carbons (Fsp3) is 0.370. The standard InChI is InChI=1S/C27H29BrN4O3S2/c28-25-23(17-36-20-8-2-1-3-9-20)30-27(37-25)31-26(34)29-22-11-10-19(32-12-14-35-15-13-32)16-21(22)24(33)18-6-4-5-7-18/h1-3,8-11,16,18H,4-7,12-15,17H2,(H2,29,30,31,34).